The summed E-state index contributed by atoms with van der Waals surface area (Å²) in [6, 6.07) is 7.94. The molecule has 2 aliphatic rings. The van der Waals surface area contributed by atoms with Crippen molar-refractivity contribution in [3.63, 3.8) is 0 Å². The molecule has 5 atom stereocenters. The number of halogens is 1. The molecule has 6 heteroatoms. The quantitative estimate of drug-likeness (QED) is 0.541. The Morgan fingerprint density at radius 1 is 1.12 bits per heavy atom. The van der Waals surface area contributed by atoms with Crippen molar-refractivity contribution in [2.75, 3.05) is 13.7 Å². The van der Waals surface area contributed by atoms with Gasteiger partial charge in [0.25, 0.3) is 0 Å². The number of ether oxygens (including phenoxy) is 2. The summed E-state index contributed by atoms with van der Waals surface area (Å²) in [6.45, 7) is 4.02. The van der Waals surface area contributed by atoms with Crippen molar-refractivity contribution in [1.29, 1.82) is 0 Å². The van der Waals surface area contributed by atoms with Gasteiger partial charge in [0.15, 0.2) is 0 Å². The first kappa shape index (κ1) is 19.4. The predicted molar refractivity (Wildman–Crippen MR) is 102 cm³/mol. The SMILES string of the molecule is C[C@@H]1C[C@@H]2O[C@H]2C[C@@H](Cc2ccc(Br)cc2)C(=O)N(C)[C@H](C)COC1=O. The van der Waals surface area contributed by atoms with Crippen molar-refractivity contribution in [2.45, 2.75) is 51.4 Å². The molecule has 0 N–H and O–H groups in total. The second-order valence-corrected chi connectivity index (χ2v) is 8.46. The van der Waals surface area contributed by atoms with E-state index in [1.165, 1.54) is 0 Å². The zero-order valence-electron chi connectivity index (χ0n) is 15.5. The van der Waals surface area contributed by atoms with E-state index >= 15 is 0 Å². The lowest BCUT2D eigenvalue weighted by atomic mass is 9.91. The van der Waals surface area contributed by atoms with Crippen LogP contribution in [0.15, 0.2) is 28.7 Å². The third kappa shape index (κ3) is 4.65. The molecule has 2 heterocycles. The van der Waals surface area contributed by atoms with Gasteiger partial charge < -0.3 is 14.4 Å². The largest absolute Gasteiger partial charge is 0.463 e. The number of esters is 1. The minimum absolute atomic E-state index is 0.0535. The molecule has 1 aromatic carbocycles. The molecule has 26 heavy (non-hydrogen) atoms. The van der Waals surface area contributed by atoms with Gasteiger partial charge >= 0.3 is 5.97 Å². The average Bonchev–Trinajstić information content (AvgIpc) is 3.35. The number of epoxide rings is 1. The number of fused-ring (bicyclic) bond motifs is 1. The Morgan fingerprint density at radius 3 is 2.46 bits per heavy atom. The molecule has 3 rings (SSSR count). The summed E-state index contributed by atoms with van der Waals surface area (Å²) in [5.74, 6) is -0.440. The van der Waals surface area contributed by atoms with Crippen molar-refractivity contribution >= 4 is 27.8 Å². The highest BCUT2D eigenvalue weighted by Crippen LogP contribution is 2.35. The first-order chi connectivity index (χ1) is 12.3. The van der Waals surface area contributed by atoms with Gasteiger partial charge in [-0.3, -0.25) is 9.59 Å². The van der Waals surface area contributed by atoms with E-state index in [0.717, 1.165) is 10.0 Å². The lowest BCUT2D eigenvalue weighted by Crippen LogP contribution is -2.43. The Balaban J connectivity index is 1.77. The van der Waals surface area contributed by atoms with Crippen LogP contribution in [0.1, 0.15) is 32.3 Å². The minimum Gasteiger partial charge on any atom is -0.463 e. The molecule has 0 radical (unpaired) electrons. The molecule has 0 aromatic heterocycles. The molecular formula is C20H26BrNO4. The van der Waals surface area contributed by atoms with Crippen LogP contribution in [0.3, 0.4) is 0 Å². The Labute approximate surface area is 163 Å². The molecule has 1 aromatic rings. The van der Waals surface area contributed by atoms with E-state index in [9.17, 15) is 9.59 Å². The van der Waals surface area contributed by atoms with E-state index in [-0.39, 0.29) is 48.6 Å². The molecule has 0 unspecified atom stereocenters. The number of likely N-dealkylation sites (N-methyl/N-ethyl adjacent to an activating group) is 1. The maximum atomic E-state index is 13.1. The van der Waals surface area contributed by atoms with E-state index in [1.807, 2.05) is 38.1 Å². The summed E-state index contributed by atoms with van der Waals surface area (Å²) in [4.78, 5) is 26.9. The van der Waals surface area contributed by atoms with Gasteiger partial charge in [-0.15, -0.1) is 0 Å². The summed E-state index contributed by atoms with van der Waals surface area (Å²) in [5, 5.41) is 0. The Kier molecular flexibility index (Phi) is 6.03. The minimum atomic E-state index is -0.209. The molecule has 2 fully saturated rings. The molecule has 0 spiro atoms. The lowest BCUT2D eigenvalue weighted by Gasteiger charge is -2.29. The van der Waals surface area contributed by atoms with Crippen LogP contribution in [-0.2, 0) is 25.5 Å². The molecular weight excluding hydrogens is 398 g/mol. The van der Waals surface area contributed by atoms with Crippen LogP contribution >= 0.6 is 15.9 Å². The van der Waals surface area contributed by atoms with Crippen LogP contribution in [0.2, 0.25) is 0 Å². The fourth-order valence-electron chi connectivity index (χ4n) is 3.46. The maximum Gasteiger partial charge on any atom is 0.308 e. The highest BCUT2D eigenvalue weighted by molar-refractivity contribution is 9.10. The van der Waals surface area contributed by atoms with Crippen LogP contribution in [-0.4, -0.2) is 48.7 Å². The standard InChI is InChI=1S/C20H26BrNO4/c1-12-8-17-18(26-17)10-15(9-14-4-6-16(21)7-5-14)19(23)22(3)13(2)11-25-20(12)24/h4-7,12-13,15,17-18H,8-11H2,1-3H3/t12-,13-,15-,17+,18+/m1/s1. The third-order valence-corrected chi connectivity index (χ3v) is 5.94. The number of carbonyl (C=O) groups excluding carboxylic acids is 2. The van der Waals surface area contributed by atoms with Crippen molar-refractivity contribution in [3.05, 3.63) is 34.3 Å². The zero-order chi connectivity index (χ0) is 18.8. The van der Waals surface area contributed by atoms with E-state index in [0.29, 0.717) is 19.3 Å². The fraction of sp³-hybridized carbons (Fsp3) is 0.600. The van der Waals surface area contributed by atoms with Gasteiger partial charge in [-0.05, 0) is 43.9 Å². The van der Waals surface area contributed by atoms with Crippen molar-refractivity contribution in [3.8, 4) is 0 Å². The average molecular weight is 424 g/mol. The molecule has 2 aliphatic heterocycles. The number of carbonyl (C=O) groups is 2. The summed E-state index contributed by atoms with van der Waals surface area (Å²) in [5.41, 5.74) is 1.14. The second-order valence-electron chi connectivity index (χ2n) is 7.54. The number of rotatable bonds is 2. The first-order valence-corrected chi connectivity index (χ1v) is 9.97. The van der Waals surface area contributed by atoms with Gasteiger partial charge in [0.05, 0.1) is 24.2 Å². The van der Waals surface area contributed by atoms with Gasteiger partial charge in [-0.1, -0.05) is 35.0 Å². The van der Waals surface area contributed by atoms with E-state index < -0.39 is 0 Å². The van der Waals surface area contributed by atoms with E-state index in [2.05, 4.69) is 15.9 Å². The number of nitrogens with zero attached hydrogens (tertiary/aromatic N) is 1. The summed E-state index contributed by atoms with van der Waals surface area (Å²) < 4.78 is 12.2. The Hall–Kier alpha value is -1.40. The number of benzene rings is 1. The Morgan fingerprint density at radius 2 is 1.77 bits per heavy atom. The monoisotopic (exact) mass is 423 g/mol. The van der Waals surface area contributed by atoms with Gasteiger partial charge in [0.2, 0.25) is 5.91 Å². The normalized spacial score (nSPS) is 32.9. The van der Waals surface area contributed by atoms with Crippen LogP contribution < -0.4 is 0 Å². The second kappa shape index (κ2) is 8.09. The first-order valence-electron chi connectivity index (χ1n) is 9.18. The van der Waals surface area contributed by atoms with Gasteiger partial charge in [-0.2, -0.15) is 0 Å². The summed E-state index contributed by atoms with van der Waals surface area (Å²) in [6.07, 6.45) is 2.15. The van der Waals surface area contributed by atoms with Gasteiger partial charge in [0.1, 0.15) is 6.61 Å². The van der Waals surface area contributed by atoms with E-state index in [4.69, 9.17) is 9.47 Å². The number of hydrogen-bond donors (Lipinski definition) is 0. The molecule has 0 saturated carbocycles. The Bertz CT molecular complexity index is 662. The summed E-state index contributed by atoms with van der Waals surface area (Å²) >= 11 is 3.45. The summed E-state index contributed by atoms with van der Waals surface area (Å²) in [7, 11) is 1.79. The molecule has 1 amide bonds. The smallest absolute Gasteiger partial charge is 0.308 e. The van der Waals surface area contributed by atoms with Crippen LogP contribution in [0, 0.1) is 11.8 Å². The third-order valence-electron chi connectivity index (χ3n) is 5.41. The number of amides is 1. The van der Waals surface area contributed by atoms with E-state index in [1.54, 1.807) is 11.9 Å². The topological polar surface area (TPSA) is 59.1 Å². The molecule has 0 aliphatic carbocycles. The van der Waals surface area contributed by atoms with Crippen molar-refractivity contribution in [1.82, 2.24) is 4.90 Å². The molecule has 2 saturated heterocycles. The maximum absolute atomic E-state index is 13.1. The lowest BCUT2D eigenvalue weighted by molar-refractivity contribution is -0.152. The number of cyclic esters (lactones) is 1. The van der Waals surface area contributed by atoms with Crippen LogP contribution in [0.5, 0.6) is 0 Å². The van der Waals surface area contributed by atoms with Gasteiger partial charge in [-0.25, -0.2) is 0 Å². The number of hydrogen-bond acceptors (Lipinski definition) is 4. The van der Waals surface area contributed by atoms with Crippen molar-refractivity contribution in [2.24, 2.45) is 11.8 Å². The van der Waals surface area contributed by atoms with Crippen LogP contribution in [0.4, 0.5) is 0 Å². The molecule has 0 bridgehead atoms. The van der Waals surface area contributed by atoms with Crippen molar-refractivity contribution < 1.29 is 19.1 Å². The zero-order valence-corrected chi connectivity index (χ0v) is 17.1. The molecule has 142 valence electrons. The molecule has 5 nitrogen and oxygen atoms in total. The fourth-order valence-corrected chi connectivity index (χ4v) is 3.72. The highest BCUT2D eigenvalue weighted by atomic mass is 79.9. The highest BCUT2D eigenvalue weighted by Gasteiger charge is 2.44. The van der Waals surface area contributed by atoms with Crippen LogP contribution in [0.25, 0.3) is 0 Å². The van der Waals surface area contributed by atoms with Gasteiger partial charge in [0, 0.05) is 17.4 Å². The predicted octanol–water partition coefficient (Wildman–Crippen LogP) is 3.20.